The maximum absolute atomic E-state index is 13.2. The van der Waals surface area contributed by atoms with E-state index in [4.69, 9.17) is 0 Å². The van der Waals surface area contributed by atoms with Gasteiger partial charge >= 0.3 is 0 Å². The Morgan fingerprint density at radius 2 is 1.43 bits per heavy atom. The minimum absolute atomic E-state index is 0.0630. The van der Waals surface area contributed by atoms with Gasteiger partial charge in [0.05, 0.1) is 6.54 Å². The number of unbranched alkanes of at least 4 members (excludes halogenated alkanes) is 8. The van der Waals surface area contributed by atoms with Crippen LogP contribution in [0.1, 0.15) is 87.8 Å². The molecule has 0 N–H and O–H groups in total. The molecule has 0 saturated carbocycles. The molecule has 0 unspecified atom stereocenters. The van der Waals surface area contributed by atoms with E-state index in [0.717, 1.165) is 32.2 Å². The third-order valence-corrected chi connectivity index (χ3v) is 7.17. The van der Waals surface area contributed by atoms with Crippen molar-refractivity contribution >= 4 is 11.8 Å². The van der Waals surface area contributed by atoms with Gasteiger partial charge in [-0.1, -0.05) is 113 Å². The first-order valence-corrected chi connectivity index (χ1v) is 13.8. The van der Waals surface area contributed by atoms with Gasteiger partial charge in [-0.25, -0.2) is 0 Å². The van der Waals surface area contributed by atoms with Gasteiger partial charge in [0.1, 0.15) is 0 Å². The summed E-state index contributed by atoms with van der Waals surface area (Å²) < 4.78 is 0. The highest BCUT2D eigenvalue weighted by molar-refractivity contribution is 5.85. The van der Waals surface area contributed by atoms with Gasteiger partial charge in [-0.2, -0.15) is 0 Å². The lowest BCUT2D eigenvalue weighted by molar-refractivity contribution is -0.141. The first-order chi connectivity index (χ1) is 17.2. The number of rotatable bonds is 15. The summed E-state index contributed by atoms with van der Waals surface area (Å²) in [6.07, 6.45) is 13.3. The number of nitrogens with zero attached hydrogens (tertiary/aromatic N) is 2. The van der Waals surface area contributed by atoms with Crippen LogP contribution in [0.5, 0.6) is 0 Å². The first kappa shape index (κ1) is 27.0. The molecule has 0 spiro atoms. The maximum atomic E-state index is 13.2. The van der Waals surface area contributed by atoms with Crippen molar-refractivity contribution in [1.29, 1.82) is 0 Å². The quantitative estimate of drug-likeness (QED) is 0.273. The van der Waals surface area contributed by atoms with E-state index in [1.165, 1.54) is 61.6 Å². The summed E-state index contributed by atoms with van der Waals surface area (Å²) in [5.41, 5.74) is 3.76. The fourth-order valence-corrected chi connectivity index (χ4v) is 4.92. The van der Waals surface area contributed by atoms with Crippen LogP contribution >= 0.6 is 0 Å². The second-order valence-corrected chi connectivity index (χ2v) is 9.96. The van der Waals surface area contributed by atoms with E-state index < -0.39 is 0 Å². The maximum Gasteiger partial charge on any atom is 0.242 e. The molecule has 0 atom stereocenters. The van der Waals surface area contributed by atoms with Crippen molar-refractivity contribution < 1.29 is 9.59 Å². The topological polar surface area (TPSA) is 40.6 Å². The largest absolute Gasteiger partial charge is 0.336 e. The molecular formula is C31H44N2O2. The lowest BCUT2D eigenvalue weighted by Crippen LogP contribution is -2.45. The summed E-state index contributed by atoms with van der Waals surface area (Å²) in [7, 11) is 0. The molecule has 2 aromatic rings. The van der Waals surface area contributed by atoms with Crippen LogP contribution in [0.25, 0.3) is 0 Å². The molecule has 0 saturated heterocycles. The zero-order valence-electron chi connectivity index (χ0n) is 21.7. The highest BCUT2D eigenvalue weighted by Gasteiger charge is 2.24. The highest BCUT2D eigenvalue weighted by atomic mass is 16.2. The molecule has 2 aromatic carbocycles. The van der Waals surface area contributed by atoms with Gasteiger partial charge in [0.15, 0.2) is 0 Å². The van der Waals surface area contributed by atoms with Crippen molar-refractivity contribution in [2.45, 2.75) is 90.5 Å². The Morgan fingerprint density at radius 1 is 0.800 bits per heavy atom. The average Bonchev–Trinajstić information content (AvgIpc) is 2.90. The first-order valence-electron chi connectivity index (χ1n) is 13.8. The van der Waals surface area contributed by atoms with Crippen molar-refractivity contribution in [3.63, 3.8) is 0 Å². The molecule has 2 amide bonds. The van der Waals surface area contributed by atoms with Crippen molar-refractivity contribution in [1.82, 2.24) is 9.80 Å². The second kappa shape index (κ2) is 15.4. The van der Waals surface area contributed by atoms with Crippen LogP contribution < -0.4 is 0 Å². The number of hydrogen-bond donors (Lipinski definition) is 0. The average molecular weight is 477 g/mol. The van der Waals surface area contributed by atoms with Gasteiger partial charge in [-0.15, -0.1) is 0 Å². The number of amides is 2. The molecule has 0 fully saturated rings. The van der Waals surface area contributed by atoms with Gasteiger partial charge in [0.2, 0.25) is 11.8 Å². The molecule has 3 rings (SSSR count). The summed E-state index contributed by atoms with van der Waals surface area (Å²) in [6, 6.07) is 18.6. The van der Waals surface area contributed by atoms with E-state index in [1.54, 1.807) is 4.90 Å². The Bertz CT molecular complexity index is 896. The molecule has 0 radical (unpaired) electrons. The minimum atomic E-state index is 0.0630. The van der Waals surface area contributed by atoms with Gasteiger partial charge in [-0.05, 0) is 36.0 Å². The van der Waals surface area contributed by atoms with Gasteiger partial charge in [-0.3, -0.25) is 9.59 Å². The summed E-state index contributed by atoms with van der Waals surface area (Å²) in [5, 5.41) is 0. The van der Waals surface area contributed by atoms with Crippen LogP contribution in [0.4, 0.5) is 0 Å². The van der Waals surface area contributed by atoms with Crippen LogP contribution in [-0.4, -0.2) is 41.2 Å². The minimum Gasteiger partial charge on any atom is -0.336 e. The van der Waals surface area contributed by atoms with E-state index in [1.807, 2.05) is 29.2 Å². The molecule has 0 bridgehead atoms. The number of benzene rings is 2. The fraction of sp³-hybridized carbons (Fsp3) is 0.548. The molecule has 190 valence electrons. The van der Waals surface area contributed by atoms with Gasteiger partial charge in [0, 0.05) is 26.1 Å². The molecule has 1 heterocycles. The smallest absolute Gasteiger partial charge is 0.242 e. The zero-order chi connectivity index (χ0) is 24.7. The van der Waals surface area contributed by atoms with Crippen LogP contribution in [0, 0.1) is 0 Å². The normalized spacial score (nSPS) is 12.9. The predicted octanol–water partition coefficient (Wildman–Crippen LogP) is 6.56. The lowest BCUT2D eigenvalue weighted by atomic mass is 10.00. The Kier molecular flexibility index (Phi) is 11.9. The number of hydrogen-bond acceptors (Lipinski definition) is 2. The molecule has 1 aliphatic rings. The number of carbonyl (C=O) groups is 2. The van der Waals surface area contributed by atoms with Crippen LogP contribution in [0.3, 0.4) is 0 Å². The molecule has 4 nitrogen and oxygen atoms in total. The van der Waals surface area contributed by atoms with Crippen molar-refractivity contribution in [3.8, 4) is 0 Å². The predicted molar refractivity (Wildman–Crippen MR) is 144 cm³/mol. The Labute approximate surface area is 212 Å². The highest BCUT2D eigenvalue weighted by Crippen LogP contribution is 2.19. The molecule has 0 aromatic heterocycles. The fourth-order valence-electron chi connectivity index (χ4n) is 4.92. The van der Waals surface area contributed by atoms with Crippen LogP contribution in [-0.2, 0) is 29.0 Å². The van der Waals surface area contributed by atoms with Crippen molar-refractivity contribution in [3.05, 3.63) is 71.3 Å². The molecule has 35 heavy (non-hydrogen) atoms. The lowest BCUT2D eigenvalue weighted by Gasteiger charge is -2.31. The van der Waals surface area contributed by atoms with E-state index in [0.29, 0.717) is 19.5 Å². The second-order valence-electron chi connectivity index (χ2n) is 9.96. The van der Waals surface area contributed by atoms with Crippen LogP contribution in [0.15, 0.2) is 54.6 Å². The van der Waals surface area contributed by atoms with Gasteiger partial charge in [0.25, 0.3) is 0 Å². The zero-order valence-corrected chi connectivity index (χ0v) is 21.7. The number of fused-ring (bicyclic) bond motifs is 1. The SMILES string of the molecule is CCCCCCCCCCCC(=O)N(CCc1ccccc1)CC(=O)N1CCc2ccccc2C1. The van der Waals surface area contributed by atoms with Crippen molar-refractivity contribution in [2.75, 3.05) is 19.6 Å². The standard InChI is InChI=1S/C31H44N2O2/c1-2-3-4-5-6-7-8-9-13-20-30(34)33(23-21-27-16-11-10-12-17-27)26-31(35)32-24-22-28-18-14-15-19-29(28)25-32/h10-12,14-19H,2-9,13,20-26H2,1H3. The number of carbonyl (C=O) groups excluding carboxylic acids is 2. The summed E-state index contributed by atoms with van der Waals surface area (Å²) >= 11 is 0. The Balaban J connectivity index is 1.47. The molecular weight excluding hydrogens is 432 g/mol. The Hall–Kier alpha value is -2.62. The summed E-state index contributed by atoms with van der Waals surface area (Å²) in [6.45, 7) is 4.41. The van der Waals surface area contributed by atoms with Crippen molar-refractivity contribution in [2.24, 2.45) is 0 Å². The van der Waals surface area contributed by atoms with Crippen LogP contribution in [0.2, 0.25) is 0 Å². The van der Waals surface area contributed by atoms with Gasteiger partial charge < -0.3 is 9.80 Å². The molecule has 1 aliphatic heterocycles. The van der Waals surface area contributed by atoms with E-state index in [-0.39, 0.29) is 18.4 Å². The molecule has 4 heteroatoms. The van der Waals surface area contributed by atoms with E-state index in [9.17, 15) is 9.59 Å². The summed E-state index contributed by atoms with van der Waals surface area (Å²) in [4.78, 5) is 30.1. The third kappa shape index (κ3) is 9.51. The van der Waals surface area contributed by atoms with E-state index >= 15 is 0 Å². The monoisotopic (exact) mass is 476 g/mol. The summed E-state index contributed by atoms with van der Waals surface area (Å²) in [5.74, 6) is 0.183. The molecule has 0 aliphatic carbocycles. The Morgan fingerprint density at radius 3 is 2.14 bits per heavy atom. The third-order valence-electron chi connectivity index (χ3n) is 7.17. The van der Waals surface area contributed by atoms with E-state index in [2.05, 4.69) is 37.3 Å².